The third-order valence-corrected chi connectivity index (χ3v) is 4.19. The van der Waals surface area contributed by atoms with E-state index in [2.05, 4.69) is 5.32 Å². The second kappa shape index (κ2) is 10.2. The van der Waals surface area contributed by atoms with Crippen LogP contribution in [0.25, 0.3) is 0 Å². The summed E-state index contributed by atoms with van der Waals surface area (Å²) in [5, 5.41) is 14.6. The van der Waals surface area contributed by atoms with Crippen LogP contribution in [0.5, 0.6) is 5.75 Å². The van der Waals surface area contributed by atoms with Crippen molar-refractivity contribution in [2.24, 2.45) is 0 Å². The Kier molecular flexibility index (Phi) is 7.99. The molecule has 0 bridgehead atoms. The van der Waals surface area contributed by atoms with Crippen LogP contribution in [-0.4, -0.2) is 43.7 Å². The van der Waals surface area contributed by atoms with Gasteiger partial charge in [-0.05, 0) is 62.4 Å². The van der Waals surface area contributed by atoms with E-state index in [1.165, 1.54) is 13.8 Å². The summed E-state index contributed by atoms with van der Waals surface area (Å²) in [5.74, 6) is -1.11. The molecule has 0 aliphatic carbocycles. The summed E-state index contributed by atoms with van der Waals surface area (Å²) < 4.78 is 10.3. The summed E-state index contributed by atoms with van der Waals surface area (Å²) in [6.45, 7) is 6.63. The number of halogens is 1. The first kappa shape index (κ1) is 21.9. The summed E-state index contributed by atoms with van der Waals surface area (Å²) >= 11 is 5.79. The summed E-state index contributed by atoms with van der Waals surface area (Å²) in [6, 6.07) is 12.9. The Morgan fingerprint density at radius 2 is 1.50 bits per heavy atom. The van der Waals surface area contributed by atoms with E-state index in [1.54, 1.807) is 48.5 Å². The summed E-state index contributed by atoms with van der Waals surface area (Å²) in [4.78, 5) is 23.2. The predicted octanol–water partition coefficient (Wildman–Crippen LogP) is 2.08. The fourth-order valence-electron chi connectivity index (χ4n) is 2.29. The third kappa shape index (κ3) is 6.64. The first-order valence-corrected chi connectivity index (χ1v) is 9.26. The van der Waals surface area contributed by atoms with Gasteiger partial charge in [0.15, 0.2) is 5.78 Å². The Balaban J connectivity index is 0.000000397. The number of carbonyl (C=O) groups excluding carboxylic acids is 2. The molecule has 0 radical (unpaired) electrons. The first-order valence-electron chi connectivity index (χ1n) is 8.89. The quantitative estimate of drug-likeness (QED) is 0.768. The average molecular weight is 405 g/mol. The number of hydrogen-bond donors (Lipinski definition) is 1. The SMILES string of the molecule is C1COCCN1.CC(C)(Oc1ccc(C(=O)c2ccc(Cl)cc2)cc1)C(=O)[O-]. The maximum Gasteiger partial charge on any atom is 0.193 e. The Morgan fingerprint density at radius 3 is 1.89 bits per heavy atom. The van der Waals surface area contributed by atoms with Gasteiger partial charge in [-0.1, -0.05) is 11.6 Å². The van der Waals surface area contributed by atoms with Crippen molar-refractivity contribution in [3.63, 3.8) is 0 Å². The second-order valence-electron chi connectivity index (χ2n) is 6.62. The number of ketones is 1. The topological polar surface area (TPSA) is 87.7 Å². The van der Waals surface area contributed by atoms with Gasteiger partial charge in [0.1, 0.15) is 11.4 Å². The van der Waals surface area contributed by atoms with Crippen molar-refractivity contribution >= 4 is 23.4 Å². The van der Waals surface area contributed by atoms with Crippen LogP contribution in [0.4, 0.5) is 0 Å². The van der Waals surface area contributed by atoms with E-state index in [0.717, 1.165) is 26.3 Å². The average Bonchev–Trinajstić information content (AvgIpc) is 2.70. The van der Waals surface area contributed by atoms with E-state index in [4.69, 9.17) is 21.1 Å². The highest BCUT2D eigenvalue weighted by molar-refractivity contribution is 6.30. The fraction of sp³-hybridized carbons (Fsp3) is 0.333. The standard InChI is InChI=1S/C17H15ClO4.C4H9NO/c1-17(2,16(20)21)22-14-9-5-12(6-10-14)15(19)11-3-7-13(18)8-4-11;1-3-6-4-2-5-1/h3-10H,1-2H3,(H,20,21);5H,1-4H2/p-1. The highest BCUT2D eigenvalue weighted by Gasteiger charge is 2.21. The molecule has 1 fully saturated rings. The number of aliphatic carboxylic acids is 1. The third-order valence-electron chi connectivity index (χ3n) is 3.93. The zero-order valence-electron chi connectivity index (χ0n) is 15.9. The van der Waals surface area contributed by atoms with Gasteiger partial charge in [-0.2, -0.15) is 0 Å². The Hall–Kier alpha value is -2.41. The van der Waals surface area contributed by atoms with Crippen molar-refractivity contribution in [1.29, 1.82) is 0 Å². The molecular formula is C21H23ClNO5-. The molecule has 3 rings (SSSR count). The predicted molar refractivity (Wildman–Crippen MR) is 105 cm³/mol. The van der Waals surface area contributed by atoms with Gasteiger partial charge in [0.05, 0.1) is 19.2 Å². The van der Waals surface area contributed by atoms with Crippen molar-refractivity contribution in [2.75, 3.05) is 26.3 Å². The monoisotopic (exact) mass is 404 g/mol. The number of rotatable bonds is 5. The molecule has 0 atom stereocenters. The smallest absolute Gasteiger partial charge is 0.193 e. The molecule has 2 aromatic carbocycles. The molecule has 2 aromatic rings. The van der Waals surface area contributed by atoms with E-state index in [1.807, 2.05) is 0 Å². The largest absolute Gasteiger partial charge is 0.546 e. The van der Waals surface area contributed by atoms with Gasteiger partial charge in [-0.3, -0.25) is 4.79 Å². The molecule has 0 unspecified atom stereocenters. The molecule has 7 heteroatoms. The van der Waals surface area contributed by atoms with E-state index in [9.17, 15) is 14.7 Å². The Bertz CT molecular complexity index is 772. The molecule has 1 saturated heterocycles. The number of carbonyl (C=O) groups is 2. The summed E-state index contributed by atoms with van der Waals surface area (Å²) in [5.41, 5.74) is -0.448. The lowest BCUT2D eigenvalue weighted by Crippen LogP contribution is -2.47. The van der Waals surface area contributed by atoms with Crippen LogP contribution >= 0.6 is 11.6 Å². The van der Waals surface area contributed by atoms with E-state index in [-0.39, 0.29) is 5.78 Å². The highest BCUT2D eigenvalue weighted by Crippen LogP contribution is 2.20. The fourth-order valence-corrected chi connectivity index (χ4v) is 2.42. The first-order chi connectivity index (χ1) is 13.3. The number of carboxylic acids is 1. The van der Waals surface area contributed by atoms with Gasteiger partial charge < -0.3 is 24.7 Å². The number of carboxylic acid groups (broad SMARTS) is 1. The van der Waals surface area contributed by atoms with Crippen molar-refractivity contribution in [2.45, 2.75) is 19.4 Å². The minimum Gasteiger partial charge on any atom is -0.546 e. The van der Waals surface area contributed by atoms with Gasteiger partial charge in [-0.25, -0.2) is 0 Å². The van der Waals surface area contributed by atoms with Crippen LogP contribution < -0.4 is 15.2 Å². The maximum absolute atomic E-state index is 12.3. The van der Waals surface area contributed by atoms with Crippen molar-refractivity contribution in [3.8, 4) is 5.75 Å². The van der Waals surface area contributed by atoms with Crippen molar-refractivity contribution in [1.82, 2.24) is 5.32 Å². The summed E-state index contributed by atoms with van der Waals surface area (Å²) in [6.07, 6.45) is 0. The zero-order valence-corrected chi connectivity index (χ0v) is 16.6. The molecule has 6 nitrogen and oxygen atoms in total. The number of ether oxygens (including phenoxy) is 2. The van der Waals surface area contributed by atoms with E-state index in [0.29, 0.717) is 21.9 Å². The molecule has 1 aliphatic heterocycles. The number of hydrogen-bond acceptors (Lipinski definition) is 6. The minimum atomic E-state index is -1.44. The molecular weight excluding hydrogens is 382 g/mol. The Morgan fingerprint density at radius 1 is 1.00 bits per heavy atom. The van der Waals surface area contributed by atoms with Crippen LogP contribution in [-0.2, 0) is 9.53 Å². The van der Waals surface area contributed by atoms with Crippen LogP contribution in [0, 0.1) is 0 Å². The van der Waals surface area contributed by atoms with Crippen molar-refractivity contribution in [3.05, 3.63) is 64.7 Å². The number of benzene rings is 2. The van der Waals surface area contributed by atoms with Crippen molar-refractivity contribution < 1.29 is 24.2 Å². The van der Waals surface area contributed by atoms with Gasteiger partial charge in [0.25, 0.3) is 0 Å². The lowest BCUT2D eigenvalue weighted by Gasteiger charge is -2.27. The van der Waals surface area contributed by atoms with Gasteiger partial charge in [0, 0.05) is 29.2 Å². The second-order valence-corrected chi connectivity index (χ2v) is 7.06. The van der Waals surface area contributed by atoms with Gasteiger partial charge in [0.2, 0.25) is 0 Å². The number of nitrogens with one attached hydrogen (secondary N) is 1. The molecule has 0 aromatic heterocycles. The maximum atomic E-state index is 12.3. The molecule has 0 amide bonds. The normalized spacial score (nSPS) is 13.8. The zero-order chi connectivity index (χ0) is 20.6. The highest BCUT2D eigenvalue weighted by atomic mass is 35.5. The molecule has 1 heterocycles. The van der Waals surface area contributed by atoms with Crippen LogP contribution in [0.15, 0.2) is 48.5 Å². The summed E-state index contributed by atoms with van der Waals surface area (Å²) in [7, 11) is 0. The van der Waals surface area contributed by atoms with Crippen LogP contribution in [0.1, 0.15) is 29.8 Å². The minimum absolute atomic E-state index is 0.151. The molecule has 150 valence electrons. The van der Waals surface area contributed by atoms with E-state index >= 15 is 0 Å². The molecule has 1 N–H and O–H groups in total. The molecule has 0 saturated carbocycles. The molecule has 1 aliphatic rings. The number of morpholine rings is 1. The Labute approximate surface area is 169 Å². The molecule has 0 spiro atoms. The van der Waals surface area contributed by atoms with Gasteiger partial charge in [-0.15, -0.1) is 0 Å². The van der Waals surface area contributed by atoms with Gasteiger partial charge >= 0.3 is 0 Å². The van der Waals surface area contributed by atoms with Crippen LogP contribution in [0.3, 0.4) is 0 Å². The molecule has 28 heavy (non-hydrogen) atoms. The van der Waals surface area contributed by atoms with Crippen LogP contribution in [0.2, 0.25) is 5.02 Å². The lowest BCUT2D eigenvalue weighted by molar-refractivity contribution is -0.320. The lowest BCUT2D eigenvalue weighted by atomic mass is 10.0. The van der Waals surface area contributed by atoms with E-state index < -0.39 is 11.6 Å².